The molecule has 2 unspecified atom stereocenters. The lowest BCUT2D eigenvalue weighted by Crippen LogP contribution is -2.52. The van der Waals surface area contributed by atoms with Crippen molar-refractivity contribution >= 4 is 0 Å². The van der Waals surface area contributed by atoms with Gasteiger partial charge in [0.2, 0.25) is 0 Å². The van der Waals surface area contributed by atoms with Crippen molar-refractivity contribution < 1.29 is 4.65 Å². The zero-order valence-corrected chi connectivity index (χ0v) is 5.63. The van der Waals surface area contributed by atoms with Crippen LogP contribution in [0.4, 0.5) is 0 Å². The summed E-state index contributed by atoms with van der Waals surface area (Å²) in [6.45, 7) is 3.63. The molecule has 4 nitrogen and oxygen atoms in total. The minimum absolute atomic E-state index is 0.278. The molecule has 3 N–H and O–H groups in total. The molecule has 0 aromatic heterocycles. The fraction of sp³-hybridized carbons (Fsp3) is 1.00. The molecule has 0 spiro atoms. The monoisotopic (exact) mass is 131 g/mol. The van der Waals surface area contributed by atoms with Gasteiger partial charge in [-0.25, -0.2) is 0 Å². The van der Waals surface area contributed by atoms with Crippen LogP contribution in [-0.2, 0) is 0 Å². The van der Waals surface area contributed by atoms with E-state index in [-0.39, 0.29) is 10.8 Å². The van der Waals surface area contributed by atoms with E-state index in [2.05, 4.69) is 5.32 Å². The average Bonchev–Trinajstić information content (AvgIpc) is 2.16. The number of nitrogens with one attached hydrogen (secondary N) is 1. The Labute approximate surface area is 54.8 Å². The van der Waals surface area contributed by atoms with Crippen LogP contribution in [0.1, 0.15) is 6.92 Å². The molecule has 0 amide bonds. The maximum absolute atomic E-state index is 11.4. The summed E-state index contributed by atoms with van der Waals surface area (Å²) in [5.74, 6) is 0. The maximum atomic E-state index is 11.4. The van der Waals surface area contributed by atoms with Gasteiger partial charge in [0.1, 0.15) is 12.8 Å². The number of quaternary nitrogens is 1. The van der Waals surface area contributed by atoms with Crippen molar-refractivity contribution in [2.75, 3.05) is 19.8 Å². The van der Waals surface area contributed by atoms with Crippen LogP contribution in [0.25, 0.3) is 0 Å². The largest absolute Gasteiger partial charge is 0.631 e. The van der Waals surface area contributed by atoms with Crippen molar-refractivity contribution in [3.63, 3.8) is 0 Å². The van der Waals surface area contributed by atoms with Gasteiger partial charge in [-0.1, -0.05) is 0 Å². The Morgan fingerprint density at radius 2 is 2.44 bits per heavy atom. The van der Waals surface area contributed by atoms with Gasteiger partial charge >= 0.3 is 0 Å². The van der Waals surface area contributed by atoms with Gasteiger partial charge in [-0.2, -0.15) is 0 Å². The number of nitrogens with zero attached hydrogens (tertiary/aromatic N) is 1. The Morgan fingerprint density at radius 3 is 2.67 bits per heavy atom. The maximum Gasteiger partial charge on any atom is 0.138 e. The van der Waals surface area contributed by atoms with Gasteiger partial charge in [0.05, 0.1) is 13.1 Å². The summed E-state index contributed by atoms with van der Waals surface area (Å²) >= 11 is 0. The molecule has 1 aliphatic rings. The van der Waals surface area contributed by atoms with Gasteiger partial charge < -0.3 is 9.85 Å². The van der Waals surface area contributed by atoms with E-state index in [4.69, 9.17) is 5.73 Å². The predicted molar refractivity (Wildman–Crippen MR) is 35.0 cm³/mol. The fourth-order valence-electron chi connectivity index (χ4n) is 0.963. The number of nitrogens with two attached hydrogens (primary N) is 1. The van der Waals surface area contributed by atoms with Crippen LogP contribution in [0.5, 0.6) is 0 Å². The Balaban J connectivity index is 2.51. The molecule has 1 saturated heterocycles. The fourth-order valence-corrected chi connectivity index (χ4v) is 0.963. The molecule has 9 heavy (non-hydrogen) atoms. The van der Waals surface area contributed by atoms with Crippen LogP contribution in [0.2, 0.25) is 0 Å². The zero-order chi connectivity index (χ0) is 6.91. The first kappa shape index (κ1) is 6.95. The third-order valence-electron chi connectivity index (χ3n) is 1.79. The van der Waals surface area contributed by atoms with Crippen LogP contribution in [0.3, 0.4) is 0 Å². The van der Waals surface area contributed by atoms with E-state index in [1.54, 1.807) is 6.92 Å². The van der Waals surface area contributed by atoms with Gasteiger partial charge in [0.25, 0.3) is 0 Å². The lowest BCUT2D eigenvalue weighted by molar-refractivity contribution is -0.891. The van der Waals surface area contributed by atoms with Crippen LogP contribution < -0.4 is 11.1 Å². The molecular formula is C5H13N3O. The van der Waals surface area contributed by atoms with Crippen LogP contribution in [0.15, 0.2) is 0 Å². The number of hydrogen-bond donors (Lipinski definition) is 2. The third kappa shape index (κ3) is 1.21. The van der Waals surface area contributed by atoms with Crippen LogP contribution in [0, 0.1) is 5.21 Å². The summed E-state index contributed by atoms with van der Waals surface area (Å²) in [6, 6.07) is 0. The van der Waals surface area contributed by atoms with E-state index in [0.29, 0.717) is 13.2 Å². The summed E-state index contributed by atoms with van der Waals surface area (Å²) in [5.41, 5.74) is 5.45. The molecule has 0 aliphatic carbocycles. The summed E-state index contributed by atoms with van der Waals surface area (Å²) in [7, 11) is 0. The third-order valence-corrected chi connectivity index (χ3v) is 1.79. The number of rotatable bonds is 1. The highest BCUT2D eigenvalue weighted by atomic mass is 16.6. The van der Waals surface area contributed by atoms with E-state index in [9.17, 15) is 5.21 Å². The lowest BCUT2D eigenvalue weighted by atomic mass is 10.5. The Kier molecular flexibility index (Phi) is 1.72. The normalized spacial score (nSPS) is 39.0. The summed E-state index contributed by atoms with van der Waals surface area (Å²) in [4.78, 5) is 0. The standard InChI is InChI=1S/C5H13N3O/c1-5(6)8(9)3-2-7-4-8/h5,7H,2-4,6H2,1H3. The summed E-state index contributed by atoms with van der Waals surface area (Å²) < 4.78 is -0.278. The topological polar surface area (TPSA) is 61.1 Å². The number of hydrogen-bond acceptors (Lipinski definition) is 3. The lowest BCUT2D eigenvalue weighted by Gasteiger charge is -2.40. The molecule has 1 rings (SSSR count). The quantitative estimate of drug-likeness (QED) is 0.360. The van der Waals surface area contributed by atoms with Gasteiger partial charge in [0, 0.05) is 6.92 Å². The second kappa shape index (κ2) is 2.22. The molecule has 1 fully saturated rings. The average molecular weight is 131 g/mol. The van der Waals surface area contributed by atoms with Crippen molar-refractivity contribution in [1.82, 2.24) is 5.32 Å². The molecule has 0 bridgehead atoms. The van der Waals surface area contributed by atoms with E-state index >= 15 is 0 Å². The SMILES string of the molecule is CC(N)[N+]1([O-])CCNC1. The van der Waals surface area contributed by atoms with Crippen molar-refractivity contribution in [2.24, 2.45) is 5.73 Å². The molecule has 54 valence electrons. The molecule has 0 aromatic rings. The Hall–Kier alpha value is -0.160. The molecule has 0 radical (unpaired) electrons. The smallest absolute Gasteiger partial charge is 0.138 e. The molecule has 4 heteroatoms. The highest BCUT2D eigenvalue weighted by Gasteiger charge is 2.25. The van der Waals surface area contributed by atoms with E-state index in [1.165, 1.54) is 0 Å². The first-order chi connectivity index (χ1) is 4.15. The molecule has 1 heterocycles. The van der Waals surface area contributed by atoms with Crippen molar-refractivity contribution in [3.05, 3.63) is 5.21 Å². The highest BCUT2D eigenvalue weighted by Crippen LogP contribution is 2.08. The van der Waals surface area contributed by atoms with Crippen LogP contribution in [-0.4, -0.2) is 30.6 Å². The Morgan fingerprint density at radius 1 is 1.78 bits per heavy atom. The van der Waals surface area contributed by atoms with Gasteiger partial charge in [0.15, 0.2) is 0 Å². The molecule has 0 aromatic carbocycles. The first-order valence-electron chi connectivity index (χ1n) is 3.19. The van der Waals surface area contributed by atoms with Gasteiger partial charge in [-0.3, -0.25) is 11.1 Å². The minimum atomic E-state index is -0.292. The second-order valence-corrected chi connectivity index (χ2v) is 2.57. The van der Waals surface area contributed by atoms with E-state index in [1.807, 2.05) is 0 Å². The molecular weight excluding hydrogens is 118 g/mol. The zero-order valence-electron chi connectivity index (χ0n) is 5.63. The van der Waals surface area contributed by atoms with Gasteiger partial charge in [-0.05, 0) is 0 Å². The van der Waals surface area contributed by atoms with Gasteiger partial charge in [-0.15, -0.1) is 0 Å². The van der Waals surface area contributed by atoms with E-state index in [0.717, 1.165) is 6.54 Å². The molecule has 0 saturated carbocycles. The second-order valence-electron chi connectivity index (χ2n) is 2.57. The summed E-state index contributed by atoms with van der Waals surface area (Å²) in [5, 5.41) is 14.3. The highest BCUT2D eigenvalue weighted by molar-refractivity contribution is 4.56. The van der Waals surface area contributed by atoms with Crippen molar-refractivity contribution in [3.8, 4) is 0 Å². The van der Waals surface area contributed by atoms with Crippen molar-refractivity contribution in [1.29, 1.82) is 0 Å². The molecule has 1 aliphatic heterocycles. The Bertz CT molecular complexity index is 98.4. The van der Waals surface area contributed by atoms with Crippen molar-refractivity contribution in [2.45, 2.75) is 13.1 Å². The number of hydroxylamine groups is 3. The van der Waals surface area contributed by atoms with E-state index < -0.39 is 0 Å². The van der Waals surface area contributed by atoms with Crippen LogP contribution >= 0.6 is 0 Å². The minimum Gasteiger partial charge on any atom is -0.631 e. The molecule has 2 atom stereocenters. The summed E-state index contributed by atoms with van der Waals surface area (Å²) in [6.07, 6.45) is -0.292. The predicted octanol–water partition coefficient (Wildman–Crippen LogP) is -0.834. The first-order valence-corrected chi connectivity index (χ1v) is 3.19.